The summed E-state index contributed by atoms with van der Waals surface area (Å²) < 4.78 is 0. The number of amides is 1. The number of allylic oxidation sites excluding steroid dienone is 1. The highest BCUT2D eigenvalue weighted by Crippen LogP contribution is 2.40. The van der Waals surface area contributed by atoms with Gasteiger partial charge in [-0.1, -0.05) is 23.4 Å². The number of anilines is 1. The van der Waals surface area contributed by atoms with Crippen LogP contribution in [-0.4, -0.2) is 11.3 Å². The first-order valence-corrected chi connectivity index (χ1v) is 6.48. The molecule has 2 rings (SSSR count). The van der Waals surface area contributed by atoms with Crippen LogP contribution in [-0.2, 0) is 4.79 Å². The fourth-order valence-corrected chi connectivity index (χ4v) is 3.17. The zero-order valence-corrected chi connectivity index (χ0v) is 11.2. The van der Waals surface area contributed by atoms with E-state index in [0.29, 0.717) is 9.93 Å². The minimum Gasteiger partial charge on any atom is -0.365 e. The molecule has 1 unspecified atom stereocenters. The van der Waals surface area contributed by atoms with Gasteiger partial charge in [-0.2, -0.15) is 0 Å². The third-order valence-electron chi connectivity index (χ3n) is 2.67. The molecule has 0 aliphatic carbocycles. The summed E-state index contributed by atoms with van der Waals surface area (Å²) in [5.74, 6) is -0.365. The summed E-state index contributed by atoms with van der Waals surface area (Å²) >= 11 is 7.35. The van der Waals surface area contributed by atoms with Crippen LogP contribution in [0.25, 0.3) is 0 Å². The Hall–Kier alpha value is -1.13. The lowest BCUT2D eigenvalue weighted by atomic mass is 10.2. The molecule has 1 heterocycles. The number of halogens is 1. The maximum atomic E-state index is 11.3. The van der Waals surface area contributed by atoms with E-state index in [4.69, 9.17) is 17.3 Å². The van der Waals surface area contributed by atoms with E-state index in [-0.39, 0.29) is 11.3 Å². The van der Waals surface area contributed by atoms with E-state index in [1.54, 1.807) is 0 Å². The van der Waals surface area contributed by atoms with Crippen molar-refractivity contribution in [1.82, 2.24) is 0 Å². The van der Waals surface area contributed by atoms with Gasteiger partial charge < -0.3 is 10.6 Å². The van der Waals surface area contributed by atoms with Gasteiger partial charge in [-0.25, -0.2) is 0 Å². The van der Waals surface area contributed by atoms with Crippen molar-refractivity contribution in [2.75, 3.05) is 4.90 Å². The van der Waals surface area contributed by atoms with Crippen LogP contribution in [0, 0.1) is 0 Å². The predicted molar refractivity (Wildman–Crippen MR) is 72.9 cm³/mol. The van der Waals surface area contributed by atoms with Gasteiger partial charge >= 0.3 is 0 Å². The molecule has 3 nitrogen and oxygen atoms in total. The monoisotopic (exact) mass is 268 g/mol. The van der Waals surface area contributed by atoms with Gasteiger partial charge in [0.25, 0.3) is 5.91 Å². The molecule has 0 radical (unpaired) electrons. The highest BCUT2D eigenvalue weighted by Gasteiger charge is 2.30. The molecule has 1 amide bonds. The number of rotatable bonds is 2. The van der Waals surface area contributed by atoms with Gasteiger partial charge in [-0.3, -0.25) is 4.79 Å². The van der Waals surface area contributed by atoms with Crippen molar-refractivity contribution in [1.29, 1.82) is 0 Å². The molecule has 1 atom stereocenters. The number of carbonyl (C=O) groups is 1. The average Bonchev–Trinajstić information content (AvgIpc) is 2.56. The number of hydrogen-bond acceptors (Lipinski definition) is 3. The van der Waals surface area contributed by atoms with Crippen LogP contribution in [0.1, 0.15) is 13.8 Å². The molecule has 1 aromatic carbocycles. The Morgan fingerprint density at radius 1 is 1.41 bits per heavy atom. The minimum atomic E-state index is -0.365. The first-order chi connectivity index (χ1) is 8.00. The van der Waals surface area contributed by atoms with Crippen molar-refractivity contribution in [3.05, 3.63) is 39.9 Å². The summed E-state index contributed by atoms with van der Waals surface area (Å²) in [6.45, 7) is 3.95. The SMILES string of the molecule is CC1=C(C(N)=O)SC(C)N1c1ccc(Cl)cc1. The van der Waals surface area contributed by atoms with Crippen LogP contribution in [0.2, 0.25) is 5.02 Å². The van der Waals surface area contributed by atoms with E-state index in [9.17, 15) is 4.79 Å². The van der Waals surface area contributed by atoms with E-state index in [2.05, 4.69) is 4.90 Å². The fourth-order valence-electron chi connectivity index (χ4n) is 1.93. The second-order valence-electron chi connectivity index (χ2n) is 3.84. The first-order valence-electron chi connectivity index (χ1n) is 5.23. The molecule has 0 saturated heterocycles. The Bertz CT molecular complexity index is 484. The Balaban J connectivity index is 2.39. The lowest BCUT2D eigenvalue weighted by Crippen LogP contribution is -2.24. The topological polar surface area (TPSA) is 46.3 Å². The van der Waals surface area contributed by atoms with E-state index in [0.717, 1.165) is 11.4 Å². The Morgan fingerprint density at radius 3 is 2.47 bits per heavy atom. The standard InChI is InChI=1S/C12H13ClN2OS/c1-7-11(12(14)16)17-8(2)15(7)10-5-3-9(13)4-6-10/h3-6,8H,1-2H3,(H2,14,16). The molecule has 0 saturated carbocycles. The van der Waals surface area contributed by atoms with E-state index in [1.165, 1.54) is 11.8 Å². The largest absolute Gasteiger partial charge is 0.365 e. The lowest BCUT2D eigenvalue weighted by Gasteiger charge is -2.24. The van der Waals surface area contributed by atoms with Crippen LogP contribution < -0.4 is 10.6 Å². The Labute approximate surface area is 110 Å². The minimum absolute atomic E-state index is 0.165. The number of hydrogen-bond donors (Lipinski definition) is 1. The van der Waals surface area contributed by atoms with Gasteiger partial charge in [-0.05, 0) is 38.1 Å². The molecule has 17 heavy (non-hydrogen) atoms. The highest BCUT2D eigenvalue weighted by atomic mass is 35.5. The molecule has 0 bridgehead atoms. The van der Waals surface area contributed by atoms with Crippen molar-refractivity contribution in [3.8, 4) is 0 Å². The lowest BCUT2D eigenvalue weighted by molar-refractivity contribution is -0.113. The number of thioether (sulfide) groups is 1. The number of nitrogens with two attached hydrogens (primary N) is 1. The first kappa shape index (κ1) is 12.3. The van der Waals surface area contributed by atoms with Crippen molar-refractivity contribution in [2.45, 2.75) is 19.2 Å². The Morgan fingerprint density at radius 2 is 2.00 bits per heavy atom. The third kappa shape index (κ3) is 2.28. The molecular formula is C12H13ClN2OS. The highest BCUT2D eigenvalue weighted by molar-refractivity contribution is 8.05. The molecule has 0 fully saturated rings. The Kier molecular flexibility index (Phi) is 3.35. The van der Waals surface area contributed by atoms with Crippen molar-refractivity contribution >= 4 is 35.0 Å². The fraction of sp³-hybridized carbons (Fsp3) is 0.250. The molecule has 1 aliphatic rings. The molecule has 2 N–H and O–H groups in total. The summed E-state index contributed by atoms with van der Waals surface area (Å²) in [5, 5.41) is 0.865. The van der Waals surface area contributed by atoms with Gasteiger partial charge in [0.05, 0.1) is 10.3 Å². The van der Waals surface area contributed by atoms with Crippen LogP contribution in [0.4, 0.5) is 5.69 Å². The molecule has 1 aromatic rings. The number of carbonyl (C=O) groups excluding carboxylic acids is 1. The number of primary amides is 1. The van der Waals surface area contributed by atoms with Gasteiger partial charge in [0.1, 0.15) is 0 Å². The van der Waals surface area contributed by atoms with E-state index < -0.39 is 0 Å². The van der Waals surface area contributed by atoms with Crippen LogP contribution in [0.15, 0.2) is 34.9 Å². The van der Waals surface area contributed by atoms with Gasteiger partial charge in [0, 0.05) is 16.4 Å². The van der Waals surface area contributed by atoms with Gasteiger partial charge in [0.2, 0.25) is 0 Å². The summed E-state index contributed by atoms with van der Waals surface area (Å²) in [4.78, 5) is 14.0. The van der Waals surface area contributed by atoms with E-state index >= 15 is 0 Å². The molecule has 5 heteroatoms. The third-order valence-corrected chi connectivity index (χ3v) is 4.21. The molecule has 0 aromatic heterocycles. The van der Waals surface area contributed by atoms with Gasteiger partial charge in [0.15, 0.2) is 0 Å². The predicted octanol–water partition coefficient (Wildman–Crippen LogP) is 2.96. The smallest absolute Gasteiger partial charge is 0.256 e. The van der Waals surface area contributed by atoms with Crippen molar-refractivity contribution < 1.29 is 4.79 Å². The number of benzene rings is 1. The second-order valence-corrected chi connectivity index (χ2v) is 5.60. The molecular weight excluding hydrogens is 256 g/mol. The summed E-state index contributed by atoms with van der Waals surface area (Å²) in [7, 11) is 0. The van der Waals surface area contributed by atoms with Crippen molar-refractivity contribution in [2.24, 2.45) is 5.73 Å². The van der Waals surface area contributed by atoms with Gasteiger partial charge in [-0.15, -0.1) is 0 Å². The molecule has 1 aliphatic heterocycles. The zero-order chi connectivity index (χ0) is 12.6. The van der Waals surface area contributed by atoms with Crippen LogP contribution >= 0.6 is 23.4 Å². The zero-order valence-electron chi connectivity index (χ0n) is 9.61. The second kappa shape index (κ2) is 4.63. The molecule has 0 spiro atoms. The number of nitrogens with zero attached hydrogens (tertiary/aromatic N) is 1. The van der Waals surface area contributed by atoms with E-state index in [1.807, 2.05) is 38.1 Å². The molecule has 90 valence electrons. The quantitative estimate of drug-likeness (QED) is 0.897. The van der Waals surface area contributed by atoms with Crippen LogP contribution in [0.5, 0.6) is 0 Å². The maximum absolute atomic E-state index is 11.3. The summed E-state index contributed by atoms with van der Waals surface area (Å²) in [5.41, 5.74) is 7.27. The average molecular weight is 269 g/mol. The van der Waals surface area contributed by atoms with Crippen LogP contribution in [0.3, 0.4) is 0 Å². The summed E-state index contributed by atoms with van der Waals surface area (Å²) in [6, 6.07) is 7.55. The normalized spacial score (nSPS) is 19.9. The van der Waals surface area contributed by atoms with Crippen molar-refractivity contribution in [3.63, 3.8) is 0 Å². The summed E-state index contributed by atoms with van der Waals surface area (Å²) in [6.07, 6.45) is 0. The maximum Gasteiger partial charge on any atom is 0.256 e.